The SMILES string of the molecule is FC1(F)CC[C@H](c2ncc(-c3ccc(-c4ccc5c(c4)CCc4[nH]c([C@@H]6CCCN6)nc4-5)cc3)[nH]2)C1. The lowest BCUT2D eigenvalue weighted by Gasteiger charge is -2.16. The van der Waals surface area contributed by atoms with Gasteiger partial charge in [0.05, 0.1) is 23.6 Å². The van der Waals surface area contributed by atoms with Crippen LogP contribution < -0.4 is 5.32 Å². The van der Waals surface area contributed by atoms with Crippen molar-refractivity contribution < 1.29 is 8.78 Å². The van der Waals surface area contributed by atoms with Crippen LogP contribution in [0.2, 0.25) is 0 Å². The van der Waals surface area contributed by atoms with E-state index in [1.165, 1.54) is 28.8 Å². The molecular formula is C29H29F2N5. The Morgan fingerprint density at radius 1 is 0.889 bits per heavy atom. The summed E-state index contributed by atoms with van der Waals surface area (Å²) >= 11 is 0. The first-order valence-corrected chi connectivity index (χ1v) is 13.0. The lowest BCUT2D eigenvalue weighted by atomic mass is 9.89. The van der Waals surface area contributed by atoms with Crippen LogP contribution >= 0.6 is 0 Å². The Labute approximate surface area is 208 Å². The fraction of sp³-hybridized carbons (Fsp3) is 0.379. The van der Waals surface area contributed by atoms with Gasteiger partial charge in [-0.05, 0) is 60.9 Å². The number of nitrogens with one attached hydrogen (secondary N) is 3. The molecule has 0 bridgehead atoms. The first-order chi connectivity index (χ1) is 17.5. The van der Waals surface area contributed by atoms with Crippen LogP contribution in [-0.2, 0) is 12.8 Å². The van der Waals surface area contributed by atoms with Crippen LogP contribution in [0.4, 0.5) is 8.78 Å². The average Bonchev–Trinajstić information content (AvgIpc) is 3.69. The van der Waals surface area contributed by atoms with Crippen molar-refractivity contribution in [2.45, 2.75) is 62.8 Å². The molecule has 1 aliphatic heterocycles. The van der Waals surface area contributed by atoms with Crippen LogP contribution in [0.5, 0.6) is 0 Å². The monoisotopic (exact) mass is 485 g/mol. The van der Waals surface area contributed by atoms with Gasteiger partial charge in [0.25, 0.3) is 0 Å². The number of halogens is 2. The Hall–Kier alpha value is -3.32. The number of H-pyrrole nitrogens is 2. The van der Waals surface area contributed by atoms with Gasteiger partial charge in [0.2, 0.25) is 5.92 Å². The quantitative estimate of drug-likeness (QED) is 0.307. The number of imidazole rings is 2. The topological polar surface area (TPSA) is 69.4 Å². The van der Waals surface area contributed by atoms with Crippen molar-refractivity contribution in [3.05, 3.63) is 71.6 Å². The highest BCUT2D eigenvalue weighted by Crippen LogP contribution is 2.43. The summed E-state index contributed by atoms with van der Waals surface area (Å²) in [5.74, 6) is -1.01. The highest BCUT2D eigenvalue weighted by molar-refractivity contribution is 5.76. The number of alkyl halides is 2. The summed E-state index contributed by atoms with van der Waals surface area (Å²) < 4.78 is 27.2. The van der Waals surface area contributed by atoms with Crippen molar-refractivity contribution in [2.75, 3.05) is 6.54 Å². The number of nitrogens with zero attached hydrogens (tertiary/aromatic N) is 2. The Bertz CT molecular complexity index is 1410. The molecule has 3 N–H and O–H groups in total. The largest absolute Gasteiger partial charge is 0.344 e. The fourth-order valence-corrected chi connectivity index (χ4v) is 6.10. The van der Waals surface area contributed by atoms with Crippen molar-refractivity contribution >= 4 is 0 Å². The third-order valence-corrected chi connectivity index (χ3v) is 8.11. The maximum Gasteiger partial charge on any atom is 0.248 e. The molecule has 2 aromatic heterocycles. The van der Waals surface area contributed by atoms with Gasteiger partial charge in [-0.2, -0.15) is 0 Å². The van der Waals surface area contributed by atoms with Gasteiger partial charge < -0.3 is 15.3 Å². The smallest absolute Gasteiger partial charge is 0.248 e. The summed E-state index contributed by atoms with van der Waals surface area (Å²) in [6, 6.07) is 15.4. The number of aryl methyl sites for hydroxylation is 2. The van der Waals surface area contributed by atoms with E-state index in [-0.39, 0.29) is 18.8 Å². The number of aromatic amines is 2. The molecule has 0 unspecified atom stereocenters. The molecule has 0 amide bonds. The predicted molar refractivity (Wildman–Crippen MR) is 136 cm³/mol. The minimum Gasteiger partial charge on any atom is -0.344 e. The second-order valence-corrected chi connectivity index (χ2v) is 10.5. The van der Waals surface area contributed by atoms with Crippen molar-refractivity contribution in [1.29, 1.82) is 0 Å². The summed E-state index contributed by atoms with van der Waals surface area (Å²) in [4.78, 5) is 16.3. The number of fused-ring (bicyclic) bond motifs is 3. The summed E-state index contributed by atoms with van der Waals surface area (Å²) in [7, 11) is 0. The van der Waals surface area contributed by atoms with E-state index < -0.39 is 5.92 Å². The Kier molecular flexibility index (Phi) is 5.10. The predicted octanol–water partition coefficient (Wildman–Crippen LogP) is 6.56. The number of rotatable bonds is 4. The maximum absolute atomic E-state index is 13.6. The summed E-state index contributed by atoms with van der Waals surface area (Å²) in [5.41, 5.74) is 9.16. The van der Waals surface area contributed by atoms with Gasteiger partial charge in [-0.15, -0.1) is 0 Å². The highest BCUT2D eigenvalue weighted by Gasteiger charge is 2.41. The number of hydrogen-bond acceptors (Lipinski definition) is 3. The Morgan fingerprint density at radius 2 is 1.72 bits per heavy atom. The number of benzene rings is 2. The zero-order valence-electron chi connectivity index (χ0n) is 20.1. The molecule has 184 valence electrons. The molecule has 2 aliphatic carbocycles. The molecule has 7 rings (SSSR count). The van der Waals surface area contributed by atoms with Gasteiger partial charge in [0.15, 0.2) is 0 Å². The molecule has 2 fully saturated rings. The van der Waals surface area contributed by atoms with Crippen molar-refractivity contribution in [3.8, 4) is 33.6 Å². The van der Waals surface area contributed by atoms with Crippen LogP contribution in [0.25, 0.3) is 33.6 Å². The molecule has 5 nitrogen and oxygen atoms in total. The molecule has 2 atom stereocenters. The van der Waals surface area contributed by atoms with Gasteiger partial charge >= 0.3 is 0 Å². The van der Waals surface area contributed by atoms with E-state index in [0.29, 0.717) is 18.3 Å². The third-order valence-electron chi connectivity index (χ3n) is 8.11. The second-order valence-electron chi connectivity index (χ2n) is 10.5. The van der Waals surface area contributed by atoms with Crippen molar-refractivity contribution in [1.82, 2.24) is 25.3 Å². The lowest BCUT2D eigenvalue weighted by molar-refractivity contribution is 0.00756. The molecule has 0 spiro atoms. The molecule has 0 radical (unpaired) electrons. The molecule has 4 aromatic rings. The zero-order chi connectivity index (χ0) is 24.3. The van der Waals surface area contributed by atoms with Crippen LogP contribution in [0, 0.1) is 0 Å². The molecule has 36 heavy (non-hydrogen) atoms. The van der Waals surface area contributed by atoms with E-state index in [9.17, 15) is 8.78 Å². The molecule has 7 heteroatoms. The third kappa shape index (κ3) is 3.86. The van der Waals surface area contributed by atoms with Crippen LogP contribution in [0.1, 0.15) is 67.0 Å². The van der Waals surface area contributed by atoms with E-state index in [2.05, 4.69) is 62.7 Å². The van der Waals surface area contributed by atoms with E-state index in [0.717, 1.165) is 54.1 Å². The van der Waals surface area contributed by atoms with Gasteiger partial charge in [-0.25, -0.2) is 18.7 Å². The molecule has 1 saturated heterocycles. The number of hydrogen-bond donors (Lipinski definition) is 3. The highest BCUT2D eigenvalue weighted by atomic mass is 19.3. The van der Waals surface area contributed by atoms with Gasteiger partial charge in [0.1, 0.15) is 11.6 Å². The lowest BCUT2D eigenvalue weighted by Crippen LogP contribution is -2.14. The Balaban J connectivity index is 1.11. The molecular weight excluding hydrogens is 456 g/mol. The molecule has 2 aromatic carbocycles. The van der Waals surface area contributed by atoms with Crippen molar-refractivity contribution in [2.24, 2.45) is 0 Å². The van der Waals surface area contributed by atoms with Gasteiger partial charge in [-0.1, -0.05) is 42.5 Å². The minimum absolute atomic E-state index is 0.0521. The summed E-state index contributed by atoms with van der Waals surface area (Å²) in [5, 5.41) is 3.54. The van der Waals surface area contributed by atoms with Crippen LogP contribution in [0.15, 0.2) is 48.7 Å². The second kappa shape index (κ2) is 8.37. The normalized spacial score (nSPS) is 22.5. The molecule has 1 saturated carbocycles. The van der Waals surface area contributed by atoms with E-state index in [4.69, 9.17) is 4.98 Å². The fourth-order valence-electron chi connectivity index (χ4n) is 6.10. The van der Waals surface area contributed by atoms with Crippen LogP contribution in [0.3, 0.4) is 0 Å². The van der Waals surface area contributed by atoms with Crippen molar-refractivity contribution in [3.63, 3.8) is 0 Å². The van der Waals surface area contributed by atoms with E-state index in [1.54, 1.807) is 6.20 Å². The average molecular weight is 486 g/mol. The first kappa shape index (κ1) is 21.9. The first-order valence-electron chi connectivity index (χ1n) is 13.0. The van der Waals surface area contributed by atoms with E-state index >= 15 is 0 Å². The van der Waals surface area contributed by atoms with Gasteiger partial charge in [-0.3, -0.25) is 0 Å². The maximum atomic E-state index is 13.6. The minimum atomic E-state index is -2.57. The summed E-state index contributed by atoms with van der Waals surface area (Å²) in [6.07, 6.45) is 6.41. The van der Waals surface area contributed by atoms with Crippen LogP contribution in [-0.4, -0.2) is 32.4 Å². The molecule has 3 aliphatic rings. The standard InChI is InChI=1S/C29H29F2N5/c30-29(31)12-11-21(15-29)27-33-16-25(35-27)18-5-3-17(4-6-18)19-7-9-22-20(14-19)8-10-23-26(22)36-28(34-23)24-2-1-13-32-24/h3-7,9,14,16,21,24,32H,1-2,8,10-13,15H2,(H,33,35)(H,34,36)/t21-,24-/m0/s1. The summed E-state index contributed by atoms with van der Waals surface area (Å²) in [6.45, 7) is 1.07. The Morgan fingerprint density at radius 3 is 2.50 bits per heavy atom. The van der Waals surface area contributed by atoms with Gasteiger partial charge in [0, 0.05) is 30.0 Å². The number of aromatic nitrogens is 4. The zero-order valence-corrected chi connectivity index (χ0v) is 20.1. The van der Waals surface area contributed by atoms with E-state index in [1.807, 2.05) is 0 Å². The molecule has 3 heterocycles.